The number of nitrogens with two attached hydrogens (primary N) is 1. The van der Waals surface area contributed by atoms with Crippen LogP contribution in [0, 0.1) is 5.82 Å². The Morgan fingerprint density at radius 3 is 2.67 bits per heavy atom. The van der Waals surface area contributed by atoms with Crippen molar-refractivity contribution >= 4 is 5.97 Å². The summed E-state index contributed by atoms with van der Waals surface area (Å²) in [5.74, 6) is -0.797. The van der Waals surface area contributed by atoms with Crippen molar-refractivity contribution in [3.8, 4) is 0 Å². The molecule has 1 aromatic rings. The highest BCUT2D eigenvalue weighted by atomic mass is 19.1. The average molecular weight is 297 g/mol. The number of halogens is 1. The van der Waals surface area contributed by atoms with Gasteiger partial charge in [0.1, 0.15) is 11.2 Å². The van der Waals surface area contributed by atoms with Gasteiger partial charge in [-0.25, -0.2) is 4.39 Å². The maximum Gasteiger partial charge on any atom is 0.317 e. The molecule has 21 heavy (non-hydrogen) atoms. The van der Waals surface area contributed by atoms with E-state index in [1.165, 1.54) is 12.1 Å². The van der Waals surface area contributed by atoms with Crippen LogP contribution in [0.25, 0.3) is 0 Å². The van der Waals surface area contributed by atoms with Crippen molar-refractivity contribution < 1.29 is 18.7 Å². The summed E-state index contributed by atoms with van der Waals surface area (Å²) >= 11 is 0. The first-order valence-electron chi connectivity index (χ1n) is 7.31. The standard InChI is InChI=1S/C16H24FNO3/c1-3-20-10-6-9-16(12-18,15(19)21-4-2)13-7-5-8-14(17)11-13/h5,7-8,11H,3-4,6,9-10,12,18H2,1-2H3. The number of hydrogen-bond acceptors (Lipinski definition) is 4. The SMILES string of the molecule is CCOCCCC(CN)(C(=O)OCC)c1cccc(F)c1. The van der Waals surface area contributed by atoms with E-state index in [0.717, 1.165) is 0 Å². The lowest BCUT2D eigenvalue weighted by atomic mass is 9.76. The number of rotatable bonds is 9. The van der Waals surface area contributed by atoms with Gasteiger partial charge in [0, 0.05) is 19.8 Å². The molecule has 0 amide bonds. The molecular weight excluding hydrogens is 273 g/mol. The molecule has 0 spiro atoms. The van der Waals surface area contributed by atoms with Gasteiger partial charge in [0.05, 0.1) is 6.61 Å². The normalized spacial score (nSPS) is 13.7. The Morgan fingerprint density at radius 1 is 1.33 bits per heavy atom. The van der Waals surface area contributed by atoms with E-state index in [2.05, 4.69) is 0 Å². The lowest BCUT2D eigenvalue weighted by Crippen LogP contribution is -2.44. The first-order chi connectivity index (χ1) is 10.1. The fraction of sp³-hybridized carbons (Fsp3) is 0.562. The molecule has 1 aromatic carbocycles. The Labute approximate surface area is 125 Å². The average Bonchev–Trinajstić information content (AvgIpc) is 2.48. The first-order valence-corrected chi connectivity index (χ1v) is 7.31. The Balaban J connectivity index is 3.04. The number of benzene rings is 1. The minimum absolute atomic E-state index is 0.0708. The fourth-order valence-corrected chi connectivity index (χ4v) is 2.34. The van der Waals surface area contributed by atoms with Gasteiger partial charge in [-0.2, -0.15) is 0 Å². The summed E-state index contributed by atoms with van der Waals surface area (Å²) in [7, 11) is 0. The molecule has 0 saturated heterocycles. The van der Waals surface area contributed by atoms with Gasteiger partial charge >= 0.3 is 5.97 Å². The van der Waals surface area contributed by atoms with Crippen LogP contribution in [0.1, 0.15) is 32.3 Å². The summed E-state index contributed by atoms with van der Waals surface area (Å²) in [6, 6.07) is 5.99. The zero-order valence-electron chi connectivity index (χ0n) is 12.7. The summed E-state index contributed by atoms with van der Waals surface area (Å²) in [5.41, 5.74) is 5.41. The topological polar surface area (TPSA) is 61.5 Å². The third-order valence-corrected chi connectivity index (χ3v) is 3.49. The third-order valence-electron chi connectivity index (χ3n) is 3.49. The molecule has 0 aromatic heterocycles. The molecule has 4 nitrogen and oxygen atoms in total. The van der Waals surface area contributed by atoms with Crippen LogP contribution in [0.2, 0.25) is 0 Å². The van der Waals surface area contributed by atoms with Gasteiger partial charge in [0.25, 0.3) is 0 Å². The predicted octanol–water partition coefficient (Wildman–Crippen LogP) is 2.40. The van der Waals surface area contributed by atoms with E-state index in [1.807, 2.05) is 6.92 Å². The van der Waals surface area contributed by atoms with Crippen LogP contribution in [0.15, 0.2) is 24.3 Å². The molecule has 5 heteroatoms. The molecule has 1 unspecified atom stereocenters. The highest BCUT2D eigenvalue weighted by Gasteiger charge is 2.40. The molecule has 118 valence electrons. The smallest absolute Gasteiger partial charge is 0.317 e. The number of hydrogen-bond donors (Lipinski definition) is 1. The molecule has 1 atom stereocenters. The van der Waals surface area contributed by atoms with Crippen LogP contribution in [-0.2, 0) is 19.7 Å². The summed E-state index contributed by atoms with van der Waals surface area (Å²) in [6.07, 6.45) is 1.12. The molecule has 0 fully saturated rings. The number of carbonyl (C=O) groups excluding carboxylic acids is 1. The number of esters is 1. The number of carbonyl (C=O) groups is 1. The molecule has 0 saturated carbocycles. The quantitative estimate of drug-likeness (QED) is 0.561. The van der Waals surface area contributed by atoms with Crippen LogP contribution >= 0.6 is 0 Å². The van der Waals surface area contributed by atoms with Crippen LogP contribution in [0.5, 0.6) is 0 Å². The van der Waals surface area contributed by atoms with Crippen LogP contribution in [0.3, 0.4) is 0 Å². The van der Waals surface area contributed by atoms with Crippen molar-refractivity contribution in [2.45, 2.75) is 32.1 Å². The van der Waals surface area contributed by atoms with E-state index in [-0.39, 0.29) is 19.0 Å². The number of ether oxygens (including phenoxy) is 2. The van der Waals surface area contributed by atoms with E-state index < -0.39 is 11.4 Å². The second-order valence-electron chi connectivity index (χ2n) is 4.82. The Hall–Kier alpha value is -1.46. The van der Waals surface area contributed by atoms with Gasteiger partial charge in [-0.3, -0.25) is 4.79 Å². The predicted molar refractivity (Wildman–Crippen MR) is 79.5 cm³/mol. The monoisotopic (exact) mass is 297 g/mol. The van der Waals surface area contributed by atoms with Gasteiger partial charge in [-0.05, 0) is 44.4 Å². The van der Waals surface area contributed by atoms with Crippen molar-refractivity contribution in [2.75, 3.05) is 26.4 Å². The Bertz CT molecular complexity index is 453. The van der Waals surface area contributed by atoms with Gasteiger partial charge in [-0.15, -0.1) is 0 Å². The van der Waals surface area contributed by atoms with Crippen LogP contribution in [-0.4, -0.2) is 32.3 Å². The largest absolute Gasteiger partial charge is 0.465 e. The molecule has 1 rings (SSSR count). The highest BCUT2D eigenvalue weighted by Crippen LogP contribution is 2.31. The highest BCUT2D eigenvalue weighted by molar-refractivity contribution is 5.83. The molecule has 0 aliphatic heterocycles. The summed E-state index contributed by atoms with van der Waals surface area (Å²) in [6.45, 7) is 5.14. The van der Waals surface area contributed by atoms with Crippen molar-refractivity contribution in [1.82, 2.24) is 0 Å². The zero-order valence-corrected chi connectivity index (χ0v) is 12.7. The molecule has 0 bridgehead atoms. The van der Waals surface area contributed by atoms with Crippen molar-refractivity contribution in [1.29, 1.82) is 0 Å². The van der Waals surface area contributed by atoms with Gasteiger partial charge < -0.3 is 15.2 Å². The van der Waals surface area contributed by atoms with Gasteiger partial charge in [0.2, 0.25) is 0 Å². The zero-order chi connectivity index (χ0) is 15.7. The van der Waals surface area contributed by atoms with Crippen LogP contribution < -0.4 is 5.73 Å². The van der Waals surface area contributed by atoms with E-state index in [0.29, 0.717) is 31.6 Å². The molecular formula is C16H24FNO3. The summed E-state index contributed by atoms with van der Waals surface area (Å²) < 4.78 is 24.0. The third kappa shape index (κ3) is 4.51. The van der Waals surface area contributed by atoms with Crippen molar-refractivity contribution in [2.24, 2.45) is 5.73 Å². The van der Waals surface area contributed by atoms with E-state index in [9.17, 15) is 9.18 Å². The van der Waals surface area contributed by atoms with Crippen LogP contribution in [0.4, 0.5) is 4.39 Å². The minimum atomic E-state index is -1.02. The molecule has 0 aliphatic rings. The van der Waals surface area contributed by atoms with E-state index in [4.69, 9.17) is 15.2 Å². The minimum Gasteiger partial charge on any atom is -0.465 e. The van der Waals surface area contributed by atoms with Gasteiger partial charge in [-0.1, -0.05) is 12.1 Å². The maximum absolute atomic E-state index is 13.5. The van der Waals surface area contributed by atoms with Crippen molar-refractivity contribution in [3.05, 3.63) is 35.6 Å². The summed E-state index contributed by atoms with van der Waals surface area (Å²) in [5, 5.41) is 0. The summed E-state index contributed by atoms with van der Waals surface area (Å²) in [4.78, 5) is 12.4. The van der Waals surface area contributed by atoms with Gasteiger partial charge in [0.15, 0.2) is 0 Å². The first kappa shape index (κ1) is 17.6. The maximum atomic E-state index is 13.5. The lowest BCUT2D eigenvalue weighted by Gasteiger charge is -2.30. The van der Waals surface area contributed by atoms with Crippen molar-refractivity contribution in [3.63, 3.8) is 0 Å². The lowest BCUT2D eigenvalue weighted by molar-refractivity contribution is -0.150. The second kappa shape index (κ2) is 8.74. The molecule has 0 aliphatic carbocycles. The second-order valence-corrected chi connectivity index (χ2v) is 4.82. The molecule has 0 heterocycles. The Kier molecular flexibility index (Phi) is 7.32. The van der Waals surface area contributed by atoms with E-state index in [1.54, 1.807) is 19.1 Å². The fourth-order valence-electron chi connectivity index (χ4n) is 2.34. The molecule has 0 radical (unpaired) electrons. The molecule has 2 N–H and O–H groups in total. The Morgan fingerprint density at radius 2 is 2.10 bits per heavy atom. The van der Waals surface area contributed by atoms with E-state index >= 15 is 0 Å².